The minimum absolute atomic E-state index is 0.112. The fourth-order valence-electron chi connectivity index (χ4n) is 1.79. The Hall–Kier alpha value is -2.26. The zero-order valence-corrected chi connectivity index (χ0v) is 11.1. The van der Waals surface area contributed by atoms with Crippen molar-refractivity contribution in [2.75, 3.05) is 6.61 Å². The summed E-state index contributed by atoms with van der Waals surface area (Å²) in [7, 11) is 0. The number of hydrogen-bond donors (Lipinski definition) is 0. The summed E-state index contributed by atoms with van der Waals surface area (Å²) in [4.78, 5) is 23.5. The van der Waals surface area contributed by atoms with Crippen molar-refractivity contribution in [2.45, 2.75) is 13.0 Å². The van der Waals surface area contributed by atoms with Crippen molar-refractivity contribution in [3.05, 3.63) is 71.8 Å². The van der Waals surface area contributed by atoms with Crippen molar-refractivity contribution in [2.24, 2.45) is 0 Å². The molecule has 20 heavy (non-hydrogen) atoms. The van der Waals surface area contributed by atoms with Crippen LogP contribution < -0.4 is 0 Å². The Labute approximate surface area is 118 Å². The molecule has 0 aliphatic carbocycles. The molecule has 0 aliphatic rings. The van der Waals surface area contributed by atoms with Gasteiger partial charge in [-0.05, 0) is 5.56 Å². The van der Waals surface area contributed by atoms with Crippen LogP contribution >= 0.6 is 0 Å². The summed E-state index contributed by atoms with van der Waals surface area (Å²) in [6, 6.07) is 18.3. The van der Waals surface area contributed by atoms with Crippen molar-refractivity contribution in [3.8, 4) is 0 Å². The summed E-state index contributed by atoms with van der Waals surface area (Å²) in [5, 5.41) is 0. The van der Waals surface area contributed by atoms with Gasteiger partial charge in [0.1, 0.15) is 0 Å². The van der Waals surface area contributed by atoms with E-state index < -0.39 is 11.6 Å². The average Bonchev–Trinajstić information content (AvgIpc) is 2.52. The lowest BCUT2D eigenvalue weighted by Crippen LogP contribution is -2.16. The highest BCUT2D eigenvalue weighted by atomic mass is 16.5. The number of Topliss-reactive ketones (excluding diaryl/α,β-unsaturated/α-hetero) is 2. The molecule has 0 aliphatic heterocycles. The van der Waals surface area contributed by atoms with Gasteiger partial charge in [-0.25, -0.2) is 0 Å². The summed E-state index contributed by atoms with van der Waals surface area (Å²) in [6.07, 6.45) is 0.112. The second kappa shape index (κ2) is 7.36. The smallest absolute Gasteiger partial charge is 0.228 e. The lowest BCUT2D eigenvalue weighted by Gasteiger charge is -2.04. The van der Waals surface area contributed by atoms with Crippen molar-refractivity contribution >= 4 is 11.6 Å². The molecular weight excluding hydrogens is 252 g/mol. The summed E-state index contributed by atoms with van der Waals surface area (Å²) in [6.45, 7) is 0.708. The molecule has 0 N–H and O–H groups in total. The maximum Gasteiger partial charge on any atom is 0.228 e. The monoisotopic (exact) mass is 268 g/mol. The first-order chi connectivity index (χ1) is 9.77. The van der Waals surface area contributed by atoms with Crippen LogP contribution in [0.3, 0.4) is 0 Å². The number of rotatable bonds is 7. The first kappa shape index (κ1) is 14.2. The number of hydrogen-bond acceptors (Lipinski definition) is 3. The summed E-state index contributed by atoms with van der Waals surface area (Å²) in [5.74, 6) is -0.863. The van der Waals surface area contributed by atoms with E-state index >= 15 is 0 Å². The van der Waals surface area contributed by atoms with E-state index in [4.69, 9.17) is 4.74 Å². The lowest BCUT2D eigenvalue weighted by molar-refractivity contribution is -0.116. The minimum Gasteiger partial charge on any atom is -0.376 e. The molecule has 2 aromatic rings. The van der Waals surface area contributed by atoms with Crippen LogP contribution in [0.1, 0.15) is 22.3 Å². The Morgan fingerprint density at radius 2 is 1.45 bits per heavy atom. The second-order valence-electron chi connectivity index (χ2n) is 4.41. The third-order valence-electron chi connectivity index (χ3n) is 2.87. The molecule has 0 unspecified atom stereocenters. The van der Waals surface area contributed by atoms with E-state index in [1.165, 1.54) is 0 Å². The zero-order chi connectivity index (χ0) is 14.2. The third-order valence-corrected chi connectivity index (χ3v) is 2.87. The van der Waals surface area contributed by atoms with Crippen LogP contribution in [0.5, 0.6) is 0 Å². The van der Waals surface area contributed by atoms with E-state index in [-0.39, 0.29) is 13.0 Å². The summed E-state index contributed by atoms with van der Waals surface area (Å²) < 4.78 is 5.40. The van der Waals surface area contributed by atoms with Gasteiger partial charge in [0.25, 0.3) is 0 Å². The highest BCUT2D eigenvalue weighted by Crippen LogP contribution is 2.04. The van der Waals surface area contributed by atoms with Gasteiger partial charge in [-0.2, -0.15) is 0 Å². The van der Waals surface area contributed by atoms with E-state index in [1.807, 2.05) is 36.4 Å². The predicted octanol–water partition coefficient (Wildman–Crippen LogP) is 3.05. The van der Waals surface area contributed by atoms with Crippen molar-refractivity contribution in [1.29, 1.82) is 0 Å². The molecule has 0 radical (unpaired) electrons. The molecule has 0 heterocycles. The molecule has 0 aromatic heterocycles. The first-order valence-corrected chi connectivity index (χ1v) is 6.51. The van der Waals surface area contributed by atoms with Gasteiger partial charge < -0.3 is 4.74 Å². The molecule has 0 fully saturated rings. The number of carbonyl (C=O) groups is 2. The van der Waals surface area contributed by atoms with Gasteiger partial charge in [0.05, 0.1) is 13.2 Å². The number of ketones is 2. The van der Waals surface area contributed by atoms with Gasteiger partial charge in [0, 0.05) is 12.0 Å². The number of ether oxygens (including phenoxy) is 1. The van der Waals surface area contributed by atoms with Crippen LogP contribution in [-0.4, -0.2) is 18.2 Å². The molecule has 3 nitrogen and oxygen atoms in total. The molecule has 0 atom stereocenters. The molecule has 2 aromatic carbocycles. The standard InChI is InChI=1S/C17H16O3/c18-16(17(19)15-9-5-2-6-10-15)11-12-20-13-14-7-3-1-4-8-14/h1-10H,11-13H2. The van der Waals surface area contributed by atoms with E-state index in [1.54, 1.807) is 24.3 Å². The van der Waals surface area contributed by atoms with E-state index in [0.29, 0.717) is 12.2 Å². The fourth-order valence-corrected chi connectivity index (χ4v) is 1.79. The topological polar surface area (TPSA) is 43.4 Å². The molecule has 2 rings (SSSR count). The number of benzene rings is 2. The van der Waals surface area contributed by atoms with Crippen LogP contribution in [0, 0.1) is 0 Å². The molecule has 102 valence electrons. The Morgan fingerprint density at radius 3 is 2.10 bits per heavy atom. The predicted molar refractivity (Wildman–Crippen MR) is 76.5 cm³/mol. The van der Waals surface area contributed by atoms with Gasteiger partial charge in [-0.15, -0.1) is 0 Å². The van der Waals surface area contributed by atoms with Crippen molar-refractivity contribution in [3.63, 3.8) is 0 Å². The maximum absolute atomic E-state index is 11.8. The Kier molecular flexibility index (Phi) is 5.21. The molecule has 0 spiro atoms. The molecule has 0 bridgehead atoms. The van der Waals surface area contributed by atoms with E-state index in [0.717, 1.165) is 5.56 Å². The minimum atomic E-state index is -0.450. The van der Waals surface area contributed by atoms with Crippen molar-refractivity contribution in [1.82, 2.24) is 0 Å². The normalized spacial score (nSPS) is 10.2. The van der Waals surface area contributed by atoms with Crippen LogP contribution in [0.4, 0.5) is 0 Å². The second-order valence-corrected chi connectivity index (χ2v) is 4.41. The first-order valence-electron chi connectivity index (χ1n) is 6.51. The average molecular weight is 268 g/mol. The molecule has 0 amide bonds. The van der Waals surface area contributed by atoms with Gasteiger partial charge >= 0.3 is 0 Å². The highest BCUT2D eigenvalue weighted by Gasteiger charge is 2.15. The fraction of sp³-hybridized carbons (Fsp3) is 0.176. The molecule has 3 heteroatoms. The Bertz CT molecular complexity index is 561. The zero-order valence-electron chi connectivity index (χ0n) is 11.1. The Morgan fingerprint density at radius 1 is 0.850 bits per heavy atom. The third kappa shape index (κ3) is 4.14. The van der Waals surface area contributed by atoms with E-state index in [2.05, 4.69) is 0 Å². The molecular formula is C17H16O3. The van der Waals surface area contributed by atoms with E-state index in [9.17, 15) is 9.59 Å². The van der Waals surface area contributed by atoms with Crippen LogP contribution in [0.25, 0.3) is 0 Å². The van der Waals surface area contributed by atoms with Crippen LogP contribution in [0.2, 0.25) is 0 Å². The van der Waals surface area contributed by atoms with Crippen molar-refractivity contribution < 1.29 is 14.3 Å². The molecule has 0 saturated carbocycles. The van der Waals surface area contributed by atoms with Crippen LogP contribution in [0.15, 0.2) is 60.7 Å². The summed E-state index contributed by atoms with van der Waals surface area (Å²) in [5.41, 5.74) is 1.48. The number of carbonyl (C=O) groups excluding carboxylic acids is 2. The quantitative estimate of drug-likeness (QED) is 0.440. The maximum atomic E-state index is 11.8. The van der Waals surface area contributed by atoms with Gasteiger partial charge in [0.15, 0.2) is 0 Å². The summed E-state index contributed by atoms with van der Waals surface area (Å²) >= 11 is 0. The Balaban J connectivity index is 1.74. The van der Waals surface area contributed by atoms with Gasteiger partial charge in [-0.3, -0.25) is 9.59 Å². The van der Waals surface area contributed by atoms with Gasteiger partial charge in [-0.1, -0.05) is 60.7 Å². The largest absolute Gasteiger partial charge is 0.376 e. The SMILES string of the molecule is O=C(CCOCc1ccccc1)C(=O)c1ccccc1. The lowest BCUT2D eigenvalue weighted by atomic mass is 10.1. The highest BCUT2D eigenvalue weighted by molar-refractivity contribution is 6.43. The molecule has 0 saturated heterocycles. The van der Waals surface area contributed by atoms with Crippen LogP contribution in [-0.2, 0) is 16.1 Å². The van der Waals surface area contributed by atoms with Gasteiger partial charge in [0.2, 0.25) is 11.6 Å².